The fourth-order valence-electron chi connectivity index (χ4n) is 2.36. The molecule has 128 valence electrons. The molecule has 4 nitrogen and oxygen atoms in total. The number of aromatic nitrogens is 2. The van der Waals surface area contributed by atoms with Crippen LogP contribution < -0.4 is 5.32 Å². The number of nitrogens with one attached hydrogen (secondary N) is 1. The highest BCUT2D eigenvalue weighted by atomic mass is 35.5. The van der Waals surface area contributed by atoms with E-state index >= 15 is 0 Å². The van der Waals surface area contributed by atoms with Crippen molar-refractivity contribution < 1.29 is 9.18 Å². The topological polar surface area (TPSA) is 54.9 Å². The largest absolute Gasteiger partial charge is 0.350 e. The van der Waals surface area contributed by atoms with E-state index in [1.54, 1.807) is 35.9 Å². The van der Waals surface area contributed by atoms with Crippen LogP contribution >= 0.6 is 22.9 Å². The van der Waals surface area contributed by atoms with Gasteiger partial charge in [-0.2, -0.15) is 11.3 Å². The average Bonchev–Trinajstić information content (AvgIpc) is 3.15. The summed E-state index contributed by atoms with van der Waals surface area (Å²) in [5.74, 6) is -0.569. The summed E-state index contributed by atoms with van der Waals surface area (Å²) in [6.07, 6.45) is 4.02. The molecule has 0 fully saturated rings. The van der Waals surface area contributed by atoms with Gasteiger partial charge in [-0.25, -0.2) is 4.39 Å². The van der Waals surface area contributed by atoms with Crippen LogP contribution in [0.2, 0.25) is 5.02 Å². The second kappa shape index (κ2) is 8.18. The lowest BCUT2D eigenvalue weighted by molar-refractivity contribution is -0.121. The van der Waals surface area contributed by atoms with Gasteiger partial charge in [-0.3, -0.25) is 14.8 Å². The van der Waals surface area contributed by atoms with E-state index in [4.69, 9.17) is 11.6 Å². The normalized spacial score (nSPS) is 10.6. The summed E-state index contributed by atoms with van der Waals surface area (Å²) in [6, 6.07) is 6.45. The maximum Gasteiger partial charge on any atom is 0.220 e. The number of halogens is 2. The van der Waals surface area contributed by atoms with E-state index in [0.717, 1.165) is 22.5 Å². The number of thiophene rings is 1. The molecule has 7 heteroatoms. The Kier molecular flexibility index (Phi) is 5.73. The van der Waals surface area contributed by atoms with Crippen molar-refractivity contribution in [3.63, 3.8) is 0 Å². The van der Waals surface area contributed by atoms with E-state index in [1.807, 2.05) is 16.8 Å². The lowest BCUT2D eigenvalue weighted by Crippen LogP contribution is -2.24. The Hall–Kier alpha value is -2.31. The third-order valence-electron chi connectivity index (χ3n) is 3.65. The molecule has 1 amide bonds. The van der Waals surface area contributed by atoms with Crippen LogP contribution in [0.5, 0.6) is 0 Å². The molecule has 2 heterocycles. The van der Waals surface area contributed by atoms with Gasteiger partial charge in [0.1, 0.15) is 5.82 Å². The van der Waals surface area contributed by atoms with Gasteiger partial charge in [0.2, 0.25) is 5.91 Å². The molecule has 0 aliphatic heterocycles. The summed E-state index contributed by atoms with van der Waals surface area (Å²) in [5.41, 5.74) is 3.30. The van der Waals surface area contributed by atoms with Gasteiger partial charge in [-0.05, 0) is 35.6 Å². The quantitative estimate of drug-likeness (QED) is 0.700. The Morgan fingerprint density at radius 1 is 1.24 bits per heavy atom. The summed E-state index contributed by atoms with van der Waals surface area (Å²) in [5, 5.41) is 6.89. The number of rotatable bonds is 6. The van der Waals surface area contributed by atoms with E-state index in [0.29, 0.717) is 13.0 Å². The Balaban J connectivity index is 1.57. The fraction of sp³-hybridized carbons (Fsp3) is 0.167. The van der Waals surface area contributed by atoms with Gasteiger partial charge in [0.25, 0.3) is 0 Å². The summed E-state index contributed by atoms with van der Waals surface area (Å²) in [4.78, 5) is 20.7. The zero-order chi connectivity index (χ0) is 17.6. The molecule has 0 radical (unpaired) electrons. The third kappa shape index (κ3) is 4.61. The third-order valence-corrected chi connectivity index (χ3v) is 4.62. The molecule has 3 rings (SSSR count). The Labute approximate surface area is 153 Å². The number of hydrogen-bond acceptors (Lipinski definition) is 4. The van der Waals surface area contributed by atoms with Crippen molar-refractivity contribution in [2.75, 3.05) is 0 Å². The summed E-state index contributed by atoms with van der Waals surface area (Å²) >= 11 is 7.33. The average molecular weight is 376 g/mol. The summed E-state index contributed by atoms with van der Waals surface area (Å²) in [7, 11) is 0. The number of aryl methyl sites for hydroxylation is 1. The Morgan fingerprint density at radius 3 is 2.84 bits per heavy atom. The minimum absolute atomic E-state index is 0.0675. The van der Waals surface area contributed by atoms with Crippen molar-refractivity contribution in [1.29, 1.82) is 0 Å². The van der Waals surface area contributed by atoms with Gasteiger partial charge in [-0.1, -0.05) is 17.7 Å². The Morgan fingerprint density at radius 2 is 2.08 bits per heavy atom. The highest BCUT2D eigenvalue weighted by Gasteiger charge is 2.10. The summed E-state index contributed by atoms with van der Waals surface area (Å²) in [6.45, 7) is 0.308. The van der Waals surface area contributed by atoms with E-state index in [9.17, 15) is 9.18 Å². The number of benzene rings is 1. The second-order valence-corrected chi connectivity index (χ2v) is 6.58. The molecule has 25 heavy (non-hydrogen) atoms. The lowest BCUT2D eigenvalue weighted by Gasteiger charge is -2.08. The first kappa shape index (κ1) is 17.5. The first-order valence-corrected chi connectivity index (χ1v) is 8.98. The molecule has 0 saturated heterocycles. The molecule has 1 aromatic carbocycles. The second-order valence-electron chi connectivity index (χ2n) is 5.39. The molecule has 3 aromatic rings. The van der Waals surface area contributed by atoms with E-state index in [-0.39, 0.29) is 17.4 Å². The summed E-state index contributed by atoms with van der Waals surface area (Å²) < 4.78 is 13.1. The molecule has 0 atom stereocenters. The molecule has 0 aliphatic rings. The standard InChI is InChI=1S/C18H15ClFN3OS/c19-14-9-12(1-3-15(14)20)2-4-17(24)23-10-16-18(22-7-6-21-16)13-5-8-25-11-13/h1,3,5-9,11H,2,4,10H2,(H,23,24). The molecule has 1 N–H and O–H groups in total. The van der Waals surface area contributed by atoms with E-state index < -0.39 is 5.82 Å². The minimum atomic E-state index is -0.460. The maximum atomic E-state index is 13.1. The Bertz CT molecular complexity index is 871. The van der Waals surface area contributed by atoms with Gasteiger partial charge in [-0.15, -0.1) is 0 Å². The van der Waals surface area contributed by atoms with Crippen LogP contribution in [0.3, 0.4) is 0 Å². The number of amides is 1. The van der Waals surface area contributed by atoms with Crippen LogP contribution in [-0.4, -0.2) is 15.9 Å². The van der Waals surface area contributed by atoms with E-state index in [1.165, 1.54) is 6.07 Å². The predicted octanol–water partition coefficient (Wildman–Crippen LogP) is 4.25. The number of carbonyl (C=O) groups is 1. The number of hydrogen-bond donors (Lipinski definition) is 1. The van der Waals surface area contributed by atoms with Gasteiger partial charge >= 0.3 is 0 Å². The molecule has 0 aliphatic carbocycles. The van der Waals surface area contributed by atoms with Crippen molar-refractivity contribution in [2.45, 2.75) is 19.4 Å². The molecule has 0 bridgehead atoms. The fourth-order valence-corrected chi connectivity index (χ4v) is 3.20. The zero-order valence-corrected chi connectivity index (χ0v) is 14.8. The zero-order valence-electron chi connectivity index (χ0n) is 13.2. The van der Waals surface area contributed by atoms with Crippen molar-refractivity contribution >= 4 is 28.8 Å². The predicted molar refractivity (Wildman–Crippen MR) is 96.9 cm³/mol. The molecule has 0 saturated carbocycles. The van der Waals surface area contributed by atoms with Gasteiger partial charge in [0.15, 0.2) is 0 Å². The van der Waals surface area contributed by atoms with Crippen LogP contribution in [0.4, 0.5) is 4.39 Å². The molecule has 0 unspecified atom stereocenters. The van der Waals surface area contributed by atoms with Crippen molar-refractivity contribution in [3.8, 4) is 11.3 Å². The van der Waals surface area contributed by atoms with Gasteiger partial charge in [0, 0.05) is 29.8 Å². The van der Waals surface area contributed by atoms with Gasteiger partial charge < -0.3 is 5.32 Å². The maximum absolute atomic E-state index is 13.1. The van der Waals surface area contributed by atoms with Crippen LogP contribution in [0.1, 0.15) is 17.7 Å². The van der Waals surface area contributed by atoms with Crippen LogP contribution in [-0.2, 0) is 17.8 Å². The van der Waals surface area contributed by atoms with E-state index in [2.05, 4.69) is 15.3 Å². The molecular formula is C18H15ClFN3OS. The lowest BCUT2D eigenvalue weighted by atomic mass is 10.1. The number of nitrogens with zero attached hydrogens (tertiary/aromatic N) is 2. The SMILES string of the molecule is O=C(CCc1ccc(F)c(Cl)c1)NCc1nccnc1-c1ccsc1. The van der Waals surface area contributed by atoms with Crippen molar-refractivity contribution in [1.82, 2.24) is 15.3 Å². The minimum Gasteiger partial charge on any atom is -0.350 e. The molecule has 0 spiro atoms. The van der Waals surface area contributed by atoms with Gasteiger partial charge in [0.05, 0.1) is 23.0 Å². The first-order chi connectivity index (χ1) is 12.1. The van der Waals surface area contributed by atoms with Crippen LogP contribution in [0.25, 0.3) is 11.3 Å². The van der Waals surface area contributed by atoms with Crippen molar-refractivity contribution in [2.24, 2.45) is 0 Å². The first-order valence-electron chi connectivity index (χ1n) is 7.66. The highest BCUT2D eigenvalue weighted by molar-refractivity contribution is 7.08. The smallest absolute Gasteiger partial charge is 0.220 e. The van der Waals surface area contributed by atoms with Crippen LogP contribution in [0.15, 0.2) is 47.4 Å². The number of carbonyl (C=O) groups excluding carboxylic acids is 1. The van der Waals surface area contributed by atoms with Crippen LogP contribution in [0, 0.1) is 5.82 Å². The molecular weight excluding hydrogens is 361 g/mol. The van der Waals surface area contributed by atoms with Crippen molar-refractivity contribution in [3.05, 3.63) is 69.5 Å². The highest BCUT2D eigenvalue weighted by Crippen LogP contribution is 2.22. The molecule has 2 aromatic heterocycles. The monoisotopic (exact) mass is 375 g/mol.